The van der Waals surface area contributed by atoms with Crippen molar-refractivity contribution < 1.29 is 9.50 Å². The van der Waals surface area contributed by atoms with E-state index in [1.807, 2.05) is 13.0 Å². The fourth-order valence-electron chi connectivity index (χ4n) is 2.95. The molecule has 0 bridgehead atoms. The number of aromatic nitrogens is 2. The Bertz CT molecular complexity index is 727. The average molecular weight is 350 g/mol. The van der Waals surface area contributed by atoms with Crippen molar-refractivity contribution in [2.45, 2.75) is 32.5 Å². The summed E-state index contributed by atoms with van der Waals surface area (Å²) in [6.07, 6.45) is 5.04. The van der Waals surface area contributed by atoms with Gasteiger partial charge in [-0.15, -0.1) is 0 Å². The van der Waals surface area contributed by atoms with Crippen molar-refractivity contribution in [2.75, 3.05) is 6.61 Å². The van der Waals surface area contributed by atoms with Crippen LogP contribution < -0.4 is 5.32 Å². The fraction of sp³-hybridized carbons (Fsp3) is 0.389. The lowest BCUT2D eigenvalue weighted by Crippen LogP contribution is -2.26. The molecule has 1 aromatic heterocycles. The van der Waals surface area contributed by atoms with E-state index < -0.39 is 0 Å². The lowest BCUT2D eigenvalue weighted by atomic mass is 10.1. The molecule has 0 aliphatic heterocycles. The van der Waals surface area contributed by atoms with Gasteiger partial charge in [-0.05, 0) is 31.0 Å². The number of rotatable bonds is 6. The highest BCUT2D eigenvalue weighted by atomic mass is 35.5. The van der Waals surface area contributed by atoms with Crippen LogP contribution in [0.2, 0.25) is 5.15 Å². The van der Waals surface area contributed by atoms with Gasteiger partial charge in [0.1, 0.15) is 11.0 Å². The first-order chi connectivity index (χ1) is 11.6. The van der Waals surface area contributed by atoms with Crippen molar-refractivity contribution in [2.24, 2.45) is 5.92 Å². The van der Waals surface area contributed by atoms with Crippen LogP contribution in [-0.2, 0) is 13.1 Å². The van der Waals surface area contributed by atoms with Gasteiger partial charge in [0.2, 0.25) is 0 Å². The van der Waals surface area contributed by atoms with Crippen molar-refractivity contribution in [3.63, 3.8) is 0 Å². The molecule has 0 saturated heterocycles. The third kappa shape index (κ3) is 3.86. The summed E-state index contributed by atoms with van der Waals surface area (Å²) >= 11 is 6.48. The van der Waals surface area contributed by atoms with Crippen LogP contribution in [-0.4, -0.2) is 27.5 Å². The highest BCUT2D eigenvalue weighted by molar-refractivity contribution is 6.30. The third-order valence-electron chi connectivity index (χ3n) is 4.38. The van der Waals surface area contributed by atoms with E-state index in [0.29, 0.717) is 18.2 Å². The quantitative estimate of drug-likeness (QED) is 0.788. The molecule has 1 heterocycles. The lowest BCUT2D eigenvalue weighted by molar-refractivity contribution is 0.246. The molecule has 1 aliphatic carbocycles. The molecular weight excluding hydrogens is 329 g/mol. The van der Waals surface area contributed by atoms with Crippen LogP contribution in [0.4, 0.5) is 4.39 Å². The number of benzene rings is 1. The zero-order valence-electron chi connectivity index (χ0n) is 13.5. The van der Waals surface area contributed by atoms with E-state index in [1.165, 1.54) is 12.1 Å². The molecule has 0 saturated carbocycles. The van der Waals surface area contributed by atoms with E-state index in [-0.39, 0.29) is 24.4 Å². The highest BCUT2D eigenvalue weighted by Crippen LogP contribution is 2.23. The van der Waals surface area contributed by atoms with E-state index in [0.717, 1.165) is 23.2 Å². The standard InChI is InChI=1S/C18H21ClFN3O/c1-12-17(9-21-16-7-4-14(8-16)11-24)18(19)23(22-12)10-13-2-5-15(20)6-3-13/h2-7,14,16,21,24H,8-11H2,1H3/t14-,16+/m0/s1. The van der Waals surface area contributed by atoms with E-state index in [9.17, 15) is 9.50 Å². The minimum absolute atomic E-state index is 0.185. The molecule has 1 aromatic carbocycles. The van der Waals surface area contributed by atoms with Gasteiger partial charge in [0.15, 0.2) is 0 Å². The van der Waals surface area contributed by atoms with E-state index >= 15 is 0 Å². The van der Waals surface area contributed by atoms with Crippen molar-refractivity contribution in [3.05, 3.63) is 64.2 Å². The second-order valence-corrected chi connectivity index (χ2v) is 6.55. The van der Waals surface area contributed by atoms with Crippen LogP contribution in [0.1, 0.15) is 23.2 Å². The van der Waals surface area contributed by atoms with Gasteiger partial charge >= 0.3 is 0 Å². The average Bonchev–Trinajstić information content (AvgIpc) is 3.13. The lowest BCUT2D eigenvalue weighted by Gasteiger charge is -2.12. The van der Waals surface area contributed by atoms with Gasteiger partial charge in [0.05, 0.1) is 12.2 Å². The molecule has 2 atom stereocenters. The first-order valence-corrected chi connectivity index (χ1v) is 8.43. The Hall–Kier alpha value is -1.69. The maximum atomic E-state index is 13.0. The minimum Gasteiger partial charge on any atom is -0.396 e. The molecule has 4 nitrogen and oxygen atoms in total. The number of hydrogen-bond acceptors (Lipinski definition) is 3. The van der Waals surface area contributed by atoms with Crippen molar-refractivity contribution in [3.8, 4) is 0 Å². The van der Waals surface area contributed by atoms with Crippen LogP contribution in [0.25, 0.3) is 0 Å². The first-order valence-electron chi connectivity index (χ1n) is 8.05. The number of aliphatic hydroxyl groups excluding tert-OH is 1. The Balaban J connectivity index is 1.65. The molecular formula is C18H21ClFN3O. The summed E-state index contributed by atoms with van der Waals surface area (Å²) in [4.78, 5) is 0. The third-order valence-corrected chi connectivity index (χ3v) is 4.80. The molecule has 6 heteroatoms. The molecule has 0 unspecified atom stereocenters. The normalized spacial score (nSPS) is 20.0. The Labute approximate surface area is 145 Å². The maximum Gasteiger partial charge on any atom is 0.132 e. The maximum absolute atomic E-state index is 13.0. The molecule has 3 rings (SSSR count). The zero-order chi connectivity index (χ0) is 17.1. The second-order valence-electron chi connectivity index (χ2n) is 6.19. The number of aryl methyl sites for hydroxylation is 1. The van der Waals surface area contributed by atoms with Crippen LogP contribution in [0.3, 0.4) is 0 Å². The summed E-state index contributed by atoms with van der Waals surface area (Å²) in [6.45, 7) is 3.26. The number of nitrogens with one attached hydrogen (secondary N) is 1. The fourth-order valence-corrected chi connectivity index (χ4v) is 3.25. The van der Waals surface area contributed by atoms with Gasteiger partial charge in [-0.3, -0.25) is 0 Å². The molecule has 24 heavy (non-hydrogen) atoms. The highest BCUT2D eigenvalue weighted by Gasteiger charge is 2.19. The second kappa shape index (κ2) is 7.47. The molecule has 128 valence electrons. The van der Waals surface area contributed by atoms with Crippen LogP contribution >= 0.6 is 11.6 Å². The number of aliphatic hydroxyl groups is 1. The summed E-state index contributed by atoms with van der Waals surface area (Å²) in [6, 6.07) is 6.59. The van der Waals surface area contributed by atoms with Gasteiger partial charge < -0.3 is 10.4 Å². The summed E-state index contributed by atoms with van der Waals surface area (Å²) in [5, 5.41) is 17.7. The van der Waals surface area contributed by atoms with Gasteiger partial charge in [0.25, 0.3) is 0 Å². The van der Waals surface area contributed by atoms with Crippen molar-refractivity contribution in [1.82, 2.24) is 15.1 Å². The molecule has 2 aromatic rings. The zero-order valence-corrected chi connectivity index (χ0v) is 14.3. The number of nitrogens with zero attached hydrogens (tertiary/aromatic N) is 2. The Morgan fingerprint density at radius 2 is 2.08 bits per heavy atom. The van der Waals surface area contributed by atoms with Gasteiger partial charge in [-0.25, -0.2) is 9.07 Å². The molecule has 0 radical (unpaired) electrons. The van der Waals surface area contributed by atoms with Gasteiger partial charge in [-0.1, -0.05) is 35.9 Å². The van der Waals surface area contributed by atoms with Crippen molar-refractivity contribution >= 4 is 11.6 Å². The topological polar surface area (TPSA) is 50.1 Å². The monoisotopic (exact) mass is 349 g/mol. The Morgan fingerprint density at radius 1 is 1.33 bits per heavy atom. The van der Waals surface area contributed by atoms with Gasteiger partial charge in [0, 0.05) is 30.7 Å². The largest absolute Gasteiger partial charge is 0.396 e. The number of hydrogen-bond donors (Lipinski definition) is 2. The van der Waals surface area contributed by atoms with Crippen LogP contribution in [0.5, 0.6) is 0 Å². The molecule has 0 amide bonds. The van der Waals surface area contributed by atoms with E-state index in [4.69, 9.17) is 11.6 Å². The Kier molecular flexibility index (Phi) is 5.33. The van der Waals surface area contributed by atoms with E-state index in [2.05, 4.69) is 16.5 Å². The van der Waals surface area contributed by atoms with Crippen LogP contribution in [0.15, 0.2) is 36.4 Å². The smallest absolute Gasteiger partial charge is 0.132 e. The molecule has 0 spiro atoms. The predicted octanol–water partition coefficient (Wildman–Crippen LogP) is 3.06. The summed E-state index contributed by atoms with van der Waals surface area (Å²) in [5.74, 6) is -0.0162. The number of halogens is 2. The predicted molar refractivity (Wildman–Crippen MR) is 92.4 cm³/mol. The summed E-state index contributed by atoms with van der Waals surface area (Å²) in [5.41, 5.74) is 2.81. The van der Waals surface area contributed by atoms with Gasteiger partial charge in [-0.2, -0.15) is 5.10 Å². The summed E-state index contributed by atoms with van der Waals surface area (Å²) in [7, 11) is 0. The van der Waals surface area contributed by atoms with Crippen molar-refractivity contribution in [1.29, 1.82) is 0 Å². The van der Waals surface area contributed by atoms with E-state index in [1.54, 1.807) is 16.8 Å². The molecule has 2 N–H and O–H groups in total. The first kappa shape index (κ1) is 17.1. The Morgan fingerprint density at radius 3 is 2.75 bits per heavy atom. The minimum atomic E-state index is -0.253. The summed E-state index contributed by atoms with van der Waals surface area (Å²) < 4.78 is 14.7. The molecule has 1 aliphatic rings. The molecule has 0 fully saturated rings. The van der Waals surface area contributed by atoms with Crippen LogP contribution in [0, 0.1) is 18.7 Å². The SMILES string of the molecule is Cc1nn(Cc2ccc(F)cc2)c(Cl)c1CN[C@@H]1C=C[C@H](CO)C1.